The van der Waals surface area contributed by atoms with E-state index in [1.165, 1.54) is 0 Å². The Balaban J connectivity index is 2.27. The predicted octanol–water partition coefficient (Wildman–Crippen LogP) is 2.20. The maximum Gasteiger partial charge on any atom is 0.342 e. The van der Waals surface area contributed by atoms with Crippen molar-refractivity contribution in [2.75, 3.05) is 0 Å². The summed E-state index contributed by atoms with van der Waals surface area (Å²) in [7, 11) is 0. The Morgan fingerprint density at radius 1 is 1.20 bits per heavy atom. The highest BCUT2D eigenvalue weighted by Gasteiger charge is 2.26. The highest BCUT2D eigenvalue weighted by molar-refractivity contribution is 6.30. The molecule has 1 aromatic rings. The second kappa shape index (κ2) is 3.87. The largest absolute Gasteiger partial charge is 0.389 e. The van der Waals surface area contributed by atoms with Gasteiger partial charge in [-0.05, 0) is 23.8 Å². The molecule has 1 heterocycles. The van der Waals surface area contributed by atoms with Gasteiger partial charge in [0.05, 0.1) is 6.42 Å². The van der Waals surface area contributed by atoms with Gasteiger partial charge in [-0.25, -0.2) is 4.79 Å². The van der Waals surface area contributed by atoms with Gasteiger partial charge in [0.15, 0.2) is 0 Å². The third kappa shape index (κ3) is 2.25. The summed E-state index contributed by atoms with van der Waals surface area (Å²) in [6.45, 7) is 0. The molecule has 0 unspecified atom stereocenters. The van der Waals surface area contributed by atoms with E-state index in [2.05, 4.69) is 4.74 Å². The van der Waals surface area contributed by atoms with Crippen LogP contribution in [0.5, 0.6) is 0 Å². The summed E-state index contributed by atoms with van der Waals surface area (Å²) >= 11 is 5.71. The highest BCUT2D eigenvalue weighted by atomic mass is 35.5. The molecule has 3 nitrogen and oxygen atoms in total. The van der Waals surface area contributed by atoms with E-state index >= 15 is 0 Å². The molecule has 2 rings (SSSR count). The summed E-state index contributed by atoms with van der Waals surface area (Å²) in [4.78, 5) is 21.9. The molecular weight excluding hydrogens is 216 g/mol. The fourth-order valence-corrected chi connectivity index (χ4v) is 1.43. The van der Waals surface area contributed by atoms with Crippen LogP contribution in [0.25, 0.3) is 6.08 Å². The lowest BCUT2D eigenvalue weighted by atomic mass is 10.1. The lowest BCUT2D eigenvalue weighted by Gasteiger charge is -1.94. The van der Waals surface area contributed by atoms with E-state index in [9.17, 15) is 9.59 Å². The van der Waals surface area contributed by atoms with Crippen LogP contribution >= 0.6 is 11.6 Å². The van der Waals surface area contributed by atoms with Crippen LogP contribution in [-0.2, 0) is 14.3 Å². The molecule has 15 heavy (non-hydrogen) atoms. The van der Waals surface area contributed by atoms with Crippen LogP contribution < -0.4 is 0 Å². The van der Waals surface area contributed by atoms with Crippen molar-refractivity contribution in [1.29, 1.82) is 0 Å². The fourth-order valence-electron chi connectivity index (χ4n) is 1.30. The van der Waals surface area contributed by atoms with Crippen molar-refractivity contribution >= 4 is 29.6 Å². The van der Waals surface area contributed by atoms with Crippen LogP contribution in [0.4, 0.5) is 0 Å². The molecule has 1 fully saturated rings. The monoisotopic (exact) mass is 222 g/mol. The van der Waals surface area contributed by atoms with Gasteiger partial charge in [0.1, 0.15) is 0 Å². The first-order chi connectivity index (χ1) is 7.15. The average molecular weight is 223 g/mol. The van der Waals surface area contributed by atoms with Crippen molar-refractivity contribution in [2.24, 2.45) is 0 Å². The number of carbonyl (C=O) groups is 2. The summed E-state index contributed by atoms with van der Waals surface area (Å²) in [5, 5.41) is 0.627. The Morgan fingerprint density at radius 3 is 2.40 bits per heavy atom. The molecule has 1 saturated heterocycles. The first kappa shape index (κ1) is 9.93. The number of esters is 2. The van der Waals surface area contributed by atoms with Crippen molar-refractivity contribution in [1.82, 2.24) is 0 Å². The van der Waals surface area contributed by atoms with E-state index in [0.717, 1.165) is 5.56 Å². The number of ether oxygens (including phenoxy) is 1. The van der Waals surface area contributed by atoms with Crippen LogP contribution in [0.2, 0.25) is 5.02 Å². The molecular formula is C11H7ClO3. The second-order valence-corrected chi connectivity index (χ2v) is 3.60. The van der Waals surface area contributed by atoms with Gasteiger partial charge < -0.3 is 4.74 Å². The van der Waals surface area contributed by atoms with Gasteiger partial charge >= 0.3 is 11.9 Å². The molecule has 76 valence electrons. The Kier molecular flexibility index (Phi) is 2.56. The molecule has 0 radical (unpaired) electrons. The summed E-state index contributed by atoms with van der Waals surface area (Å²) in [6, 6.07) is 6.98. The van der Waals surface area contributed by atoms with Crippen molar-refractivity contribution in [3.8, 4) is 0 Å². The summed E-state index contributed by atoms with van der Waals surface area (Å²) in [5.41, 5.74) is 1.20. The SMILES string of the molecule is O=C1C/C(=C\c2ccc(Cl)cc2)C(=O)O1. The zero-order chi connectivity index (χ0) is 10.8. The van der Waals surface area contributed by atoms with Crippen LogP contribution in [0.15, 0.2) is 29.8 Å². The topological polar surface area (TPSA) is 43.4 Å². The molecule has 0 bridgehead atoms. The van der Waals surface area contributed by atoms with E-state index in [4.69, 9.17) is 11.6 Å². The highest BCUT2D eigenvalue weighted by Crippen LogP contribution is 2.19. The minimum atomic E-state index is -0.560. The molecule has 0 N–H and O–H groups in total. The second-order valence-electron chi connectivity index (χ2n) is 3.16. The van der Waals surface area contributed by atoms with Crippen LogP contribution in [0.1, 0.15) is 12.0 Å². The molecule has 1 aromatic carbocycles. The van der Waals surface area contributed by atoms with Gasteiger partial charge in [0.25, 0.3) is 0 Å². The Morgan fingerprint density at radius 2 is 1.87 bits per heavy atom. The molecule has 0 amide bonds. The maximum absolute atomic E-state index is 11.1. The van der Waals surface area contributed by atoms with Gasteiger partial charge in [-0.15, -0.1) is 0 Å². The lowest BCUT2D eigenvalue weighted by molar-refractivity contribution is -0.151. The van der Waals surface area contributed by atoms with Crippen molar-refractivity contribution < 1.29 is 14.3 Å². The van der Waals surface area contributed by atoms with Crippen molar-refractivity contribution in [3.05, 3.63) is 40.4 Å². The minimum absolute atomic E-state index is 0.0431. The first-order valence-corrected chi connectivity index (χ1v) is 4.74. The number of halogens is 1. The first-order valence-electron chi connectivity index (χ1n) is 4.36. The number of carbonyl (C=O) groups excluding carboxylic acids is 2. The van der Waals surface area contributed by atoms with Gasteiger partial charge in [-0.3, -0.25) is 4.79 Å². The van der Waals surface area contributed by atoms with Crippen molar-refractivity contribution in [2.45, 2.75) is 6.42 Å². The predicted molar refractivity (Wildman–Crippen MR) is 55.1 cm³/mol. The van der Waals surface area contributed by atoms with E-state index in [1.54, 1.807) is 30.3 Å². The maximum atomic E-state index is 11.1. The number of hydrogen-bond acceptors (Lipinski definition) is 3. The standard InChI is InChI=1S/C11H7ClO3/c12-9-3-1-7(2-4-9)5-8-6-10(13)15-11(8)14/h1-5H,6H2/b8-5+. The molecule has 0 aliphatic carbocycles. The molecule has 0 atom stereocenters. The number of benzene rings is 1. The third-order valence-corrected chi connectivity index (χ3v) is 2.27. The smallest absolute Gasteiger partial charge is 0.342 e. The van der Waals surface area contributed by atoms with Gasteiger partial charge in [0, 0.05) is 10.6 Å². The fraction of sp³-hybridized carbons (Fsp3) is 0.0909. The average Bonchev–Trinajstić information content (AvgIpc) is 2.49. The number of rotatable bonds is 1. The minimum Gasteiger partial charge on any atom is -0.389 e. The molecule has 4 heteroatoms. The van der Waals surface area contributed by atoms with Crippen molar-refractivity contribution in [3.63, 3.8) is 0 Å². The Labute approximate surface area is 91.3 Å². The number of hydrogen-bond donors (Lipinski definition) is 0. The van der Waals surface area contributed by atoms with E-state index in [0.29, 0.717) is 10.6 Å². The molecule has 0 spiro atoms. The Bertz CT molecular complexity index is 445. The van der Waals surface area contributed by atoms with E-state index in [1.807, 2.05) is 0 Å². The van der Waals surface area contributed by atoms with Gasteiger partial charge in [-0.1, -0.05) is 23.7 Å². The van der Waals surface area contributed by atoms with E-state index in [-0.39, 0.29) is 6.42 Å². The Hall–Kier alpha value is -1.61. The van der Waals surface area contributed by atoms with Crippen LogP contribution in [-0.4, -0.2) is 11.9 Å². The third-order valence-electron chi connectivity index (χ3n) is 2.01. The van der Waals surface area contributed by atoms with Crippen LogP contribution in [0.3, 0.4) is 0 Å². The molecule has 1 aliphatic rings. The molecule has 1 aliphatic heterocycles. The molecule has 0 aromatic heterocycles. The molecule has 0 saturated carbocycles. The summed E-state index contributed by atoms with van der Waals surface area (Å²) in [5.74, 6) is -1.06. The summed E-state index contributed by atoms with van der Waals surface area (Å²) < 4.78 is 4.40. The van der Waals surface area contributed by atoms with Gasteiger partial charge in [0.2, 0.25) is 0 Å². The summed E-state index contributed by atoms with van der Waals surface area (Å²) in [6.07, 6.45) is 1.67. The normalized spacial score (nSPS) is 18.3. The van der Waals surface area contributed by atoms with Crippen LogP contribution in [0, 0.1) is 0 Å². The zero-order valence-electron chi connectivity index (χ0n) is 7.70. The quantitative estimate of drug-likeness (QED) is 0.416. The lowest BCUT2D eigenvalue weighted by Crippen LogP contribution is -1.96. The van der Waals surface area contributed by atoms with Gasteiger partial charge in [-0.2, -0.15) is 0 Å². The van der Waals surface area contributed by atoms with E-state index < -0.39 is 11.9 Å². The number of cyclic esters (lactones) is 2. The zero-order valence-corrected chi connectivity index (χ0v) is 8.45.